The van der Waals surface area contributed by atoms with Crippen molar-refractivity contribution in [1.82, 2.24) is 0 Å². The van der Waals surface area contributed by atoms with Gasteiger partial charge in [0, 0.05) is 6.92 Å². The van der Waals surface area contributed by atoms with E-state index in [0.29, 0.717) is 12.3 Å². The van der Waals surface area contributed by atoms with Gasteiger partial charge in [-0.3, -0.25) is 9.59 Å². The van der Waals surface area contributed by atoms with E-state index in [1.807, 2.05) is 0 Å². The van der Waals surface area contributed by atoms with Crippen molar-refractivity contribution >= 4 is 11.6 Å². The summed E-state index contributed by atoms with van der Waals surface area (Å²) in [6, 6.07) is -0.542. The van der Waals surface area contributed by atoms with Crippen LogP contribution < -0.4 is 5.73 Å². The van der Waals surface area contributed by atoms with Crippen LogP contribution in [0.25, 0.3) is 0 Å². The van der Waals surface area contributed by atoms with E-state index in [0.717, 1.165) is 0 Å². The lowest BCUT2D eigenvalue weighted by Crippen LogP contribution is -2.35. The summed E-state index contributed by atoms with van der Waals surface area (Å²) in [5.74, 6) is -0.233. The highest BCUT2D eigenvalue weighted by molar-refractivity contribution is 6.38. The number of carbonyl (C=O) groups is 2. The molecule has 1 aliphatic rings. The van der Waals surface area contributed by atoms with Crippen molar-refractivity contribution in [3.05, 3.63) is 0 Å². The Kier molecular flexibility index (Phi) is 2.39. The van der Waals surface area contributed by atoms with Crippen LogP contribution in [-0.4, -0.2) is 17.6 Å². The Bertz CT molecular complexity index is 185. The van der Waals surface area contributed by atoms with E-state index in [1.165, 1.54) is 19.8 Å². The highest BCUT2D eigenvalue weighted by Gasteiger charge is 2.28. The van der Waals surface area contributed by atoms with Crippen LogP contribution in [0.3, 0.4) is 0 Å². The van der Waals surface area contributed by atoms with Crippen LogP contribution in [0.4, 0.5) is 0 Å². The second-order valence-corrected chi connectivity index (χ2v) is 3.21. The number of ketones is 2. The van der Waals surface area contributed by atoms with Crippen molar-refractivity contribution in [1.29, 1.82) is 0 Å². The van der Waals surface area contributed by atoms with Crippen LogP contribution in [0, 0.1) is 5.92 Å². The number of Topliss-reactive ketones (excluding diaryl/α,β-unsaturated/α-hetero) is 2. The molecule has 0 spiro atoms. The first-order chi connectivity index (χ1) is 5.11. The Morgan fingerprint density at radius 1 is 1.55 bits per heavy atom. The van der Waals surface area contributed by atoms with Gasteiger partial charge in [0.05, 0.1) is 6.04 Å². The fraction of sp³-hybridized carbons (Fsp3) is 0.750. The monoisotopic (exact) mass is 155 g/mol. The van der Waals surface area contributed by atoms with Crippen LogP contribution in [0.15, 0.2) is 0 Å². The topological polar surface area (TPSA) is 60.2 Å². The van der Waals surface area contributed by atoms with Gasteiger partial charge in [-0.1, -0.05) is 12.8 Å². The first-order valence-corrected chi connectivity index (χ1v) is 3.91. The van der Waals surface area contributed by atoms with E-state index in [1.54, 1.807) is 0 Å². The van der Waals surface area contributed by atoms with Gasteiger partial charge in [0.25, 0.3) is 0 Å². The molecule has 0 aromatic heterocycles. The summed E-state index contributed by atoms with van der Waals surface area (Å²) in [4.78, 5) is 21.5. The minimum Gasteiger partial charge on any atom is -0.321 e. The molecule has 0 aromatic rings. The smallest absolute Gasteiger partial charge is 0.214 e. The molecule has 0 saturated heterocycles. The molecule has 0 heterocycles. The van der Waals surface area contributed by atoms with Crippen molar-refractivity contribution in [3.8, 4) is 0 Å². The third-order valence-electron chi connectivity index (χ3n) is 1.97. The SMILES string of the molecule is CC(=O)C(=O)C(N)CC1CC1. The molecule has 1 atom stereocenters. The molecule has 0 aliphatic heterocycles. The molecule has 3 nitrogen and oxygen atoms in total. The first-order valence-electron chi connectivity index (χ1n) is 3.91. The van der Waals surface area contributed by atoms with Gasteiger partial charge in [-0.25, -0.2) is 0 Å². The van der Waals surface area contributed by atoms with Gasteiger partial charge in [-0.2, -0.15) is 0 Å². The highest BCUT2D eigenvalue weighted by Crippen LogP contribution is 2.33. The number of rotatable bonds is 4. The van der Waals surface area contributed by atoms with Gasteiger partial charge >= 0.3 is 0 Å². The molecule has 62 valence electrons. The minimum absolute atomic E-state index is 0.418. The van der Waals surface area contributed by atoms with E-state index >= 15 is 0 Å². The average molecular weight is 155 g/mol. The predicted octanol–water partition coefficient (Wildman–Crippen LogP) is 0.272. The maximum absolute atomic E-state index is 10.9. The molecule has 2 N–H and O–H groups in total. The molecule has 0 bridgehead atoms. The molecule has 0 aromatic carbocycles. The van der Waals surface area contributed by atoms with Crippen LogP contribution in [0.1, 0.15) is 26.2 Å². The summed E-state index contributed by atoms with van der Waals surface area (Å²) in [6.07, 6.45) is 3.02. The molecule has 0 radical (unpaired) electrons. The van der Waals surface area contributed by atoms with Crippen LogP contribution >= 0.6 is 0 Å². The normalized spacial score (nSPS) is 19.5. The maximum Gasteiger partial charge on any atom is 0.214 e. The summed E-state index contributed by atoms with van der Waals surface area (Å²) in [6.45, 7) is 1.27. The minimum atomic E-state index is -0.542. The molecule has 1 unspecified atom stereocenters. The average Bonchev–Trinajstić information content (AvgIpc) is 2.69. The molecule has 1 saturated carbocycles. The molecule has 11 heavy (non-hydrogen) atoms. The number of hydrogen-bond donors (Lipinski definition) is 1. The summed E-state index contributed by atoms with van der Waals surface area (Å²) in [7, 11) is 0. The Labute approximate surface area is 66.0 Å². The third kappa shape index (κ3) is 2.42. The first kappa shape index (κ1) is 8.40. The summed E-state index contributed by atoms with van der Waals surface area (Å²) >= 11 is 0. The largest absolute Gasteiger partial charge is 0.321 e. The lowest BCUT2D eigenvalue weighted by atomic mass is 10.0. The summed E-state index contributed by atoms with van der Waals surface area (Å²) < 4.78 is 0. The molecule has 3 heteroatoms. The van der Waals surface area contributed by atoms with Gasteiger partial charge in [-0.05, 0) is 12.3 Å². The quantitative estimate of drug-likeness (QED) is 0.593. The third-order valence-corrected chi connectivity index (χ3v) is 1.97. The summed E-state index contributed by atoms with van der Waals surface area (Å²) in [5, 5.41) is 0. The van der Waals surface area contributed by atoms with Crippen LogP contribution in [-0.2, 0) is 9.59 Å². The van der Waals surface area contributed by atoms with Crippen molar-refractivity contribution < 1.29 is 9.59 Å². The Morgan fingerprint density at radius 3 is 2.45 bits per heavy atom. The Morgan fingerprint density at radius 2 is 2.09 bits per heavy atom. The van der Waals surface area contributed by atoms with Crippen molar-refractivity contribution in [2.24, 2.45) is 11.7 Å². The standard InChI is InChI=1S/C8H13NO2/c1-5(10)8(11)7(9)4-6-2-3-6/h6-7H,2-4,9H2,1H3. The van der Waals surface area contributed by atoms with Crippen molar-refractivity contribution in [3.63, 3.8) is 0 Å². The van der Waals surface area contributed by atoms with Gasteiger partial charge in [0.2, 0.25) is 5.78 Å². The number of nitrogens with two attached hydrogens (primary N) is 1. The zero-order valence-corrected chi connectivity index (χ0v) is 6.67. The summed E-state index contributed by atoms with van der Waals surface area (Å²) in [5.41, 5.74) is 5.49. The number of carbonyl (C=O) groups excluding carboxylic acids is 2. The van der Waals surface area contributed by atoms with Gasteiger partial charge in [0.1, 0.15) is 0 Å². The van der Waals surface area contributed by atoms with Crippen molar-refractivity contribution in [2.75, 3.05) is 0 Å². The molecule has 1 fully saturated rings. The second kappa shape index (κ2) is 3.13. The van der Waals surface area contributed by atoms with E-state index in [4.69, 9.17) is 5.73 Å². The molecule has 1 aliphatic carbocycles. The predicted molar refractivity (Wildman–Crippen MR) is 41.0 cm³/mol. The molecular formula is C8H13NO2. The van der Waals surface area contributed by atoms with Gasteiger partial charge < -0.3 is 5.73 Å². The van der Waals surface area contributed by atoms with E-state index in [9.17, 15) is 9.59 Å². The van der Waals surface area contributed by atoms with Gasteiger partial charge in [0.15, 0.2) is 5.78 Å². The maximum atomic E-state index is 10.9. The highest BCUT2D eigenvalue weighted by atomic mass is 16.2. The Balaban J connectivity index is 2.32. The second-order valence-electron chi connectivity index (χ2n) is 3.21. The van der Waals surface area contributed by atoms with E-state index < -0.39 is 17.6 Å². The zero-order valence-electron chi connectivity index (χ0n) is 6.67. The van der Waals surface area contributed by atoms with Gasteiger partial charge in [-0.15, -0.1) is 0 Å². The number of hydrogen-bond acceptors (Lipinski definition) is 3. The van der Waals surface area contributed by atoms with Crippen molar-refractivity contribution in [2.45, 2.75) is 32.2 Å². The van der Waals surface area contributed by atoms with Crippen LogP contribution in [0.2, 0.25) is 0 Å². The fourth-order valence-corrected chi connectivity index (χ4v) is 1.08. The molecule has 0 amide bonds. The van der Waals surface area contributed by atoms with Crippen LogP contribution in [0.5, 0.6) is 0 Å². The lowest BCUT2D eigenvalue weighted by molar-refractivity contribution is -0.136. The fourth-order valence-electron chi connectivity index (χ4n) is 1.08. The molecular weight excluding hydrogens is 142 g/mol. The van der Waals surface area contributed by atoms with E-state index in [2.05, 4.69) is 0 Å². The zero-order chi connectivity index (χ0) is 8.43. The Hall–Kier alpha value is -0.700. The van der Waals surface area contributed by atoms with E-state index in [-0.39, 0.29) is 0 Å². The molecule has 1 rings (SSSR count). The lowest BCUT2D eigenvalue weighted by Gasteiger charge is -2.05.